The maximum atomic E-state index is 12.3. The van der Waals surface area contributed by atoms with Gasteiger partial charge in [0, 0.05) is 32.8 Å². The molecule has 2 fully saturated rings. The van der Waals surface area contributed by atoms with Crippen molar-refractivity contribution in [2.45, 2.75) is 18.9 Å². The lowest BCUT2D eigenvalue weighted by Crippen LogP contribution is -2.51. The summed E-state index contributed by atoms with van der Waals surface area (Å²) in [4.78, 5) is 28.7. The number of piperazine rings is 1. The van der Waals surface area contributed by atoms with Crippen molar-refractivity contribution in [2.24, 2.45) is 0 Å². The van der Waals surface area contributed by atoms with E-state index in [0.717, 1.165) is 12.8 Å². The molecule has 0 N–H and O–H groups in total. The monoisotopic (exact) mass is 323 g/mol. The molecule has 0 spiro atoms. The van der Waals surface area contributed by atoms with E-state index in [1.165, 1.54) is 14.2 Å². The molecule has 1 atom stereocenters. The van der Waals surface area contributed by atoms with Gasteiger partial charge < -0.3 is 24.0 Å². The van der Waals surface area contributed by atoms with Gasteiger partial charge in [-0.25, -0.2) is 0 Å². The van der Waals surface area contributed by atoms with E-state index in [1.807, 2.05) is 9.80 Å². The summed E-state index contributed by atoms with van der Waals surface area (Å²) in [5, 5.41) is 0. The Kier molecular flexibility index (Phi) is 4.75. The number of hydrogen-bond acceptors (Lipinski definition) is 8. The summed E-state index contributed by atoms with van der Waals surface area (Å²) < 4.78 is 15.6. The molecule has 23 heavy (non-hydrogen) atoms. The van der Waals surface area contributed by atoms with Crippen LogP contribution in [0, 0.1) is 0 Å². The standard InChI is InChI=1S/C14H21N5O4/c1-21-13-15-12(16-14(17-13)22-2)19-7-5-18(6-8-19)11(20)10-4-3-9-23-10/h10H,3-9H2,1-2H3. The van der Waals surface area contributed by atoms with Crippen molar-refractivity contribution in [3.05, 3.63) is 0 Å². The summed E-state index contributed by atoms with van der Waals surface area (Å²) >= 11 is 0. The van der Waals surface area contributed by atoms with E-state index in [-0.39, 0.29) is 24.0 Å². The van der Waals surface area contributed by atoms with Gasteiger partial charge >= 0.3 is 12.0 Å². The number of amides is 1. The summed E-state index contributed by atoms with van der Waals surface area (Å²) in [5.74, 6) is 0.589. The van der Waals surface area contributed by atoms with Crippen LogP contribution < -0.4 is 14.4 Å². The summed E-state index contributed by atoms with van der Waals surface area (Å²) in [6.07, 6.45) is 1.51. The van der Waals surface area contributed by atoms with Crippen molar-refractivity contribution in [1.82, 2.24) is 19.9 Å². The number of rotatable bonds is 4. The highest BCUT2D eigenvalue weighted by atomic mass is 16.5. The molecule has 1 aromatic heterocycles. The molecule has 0 aliphatic carbocycles. The average Bonchev–Trinajstić information content (AvgIpc) is 3.15. The van der Waals surface area contributed by atoms with Crippen LogP contribution in [0.15, 0.2) is 0 Å². The van der Waals surface area contributed by atoms with Crippen LogP contribution >= 0.6 is 0 Å². The molecule has 0 aromatic carbocycles. The maximum absolute atomic E-state index is 12.3. The second-order valence-corrected chi connectivity index (χ2v) is 5.42. The van der Waals surface area contributed by atoms with Crippen molar-refractivity contribution in [2.75, 3.05) is 51.9 Å². The van der Waals surface area contributed by atoms with E-state index in [4.69, 9.17) is 14.2 Å². The minimum Gasteiger partial charge on any atom is -0.467 e. The van der Waals surface area contributed by atoms with Crippen molar-refractivity contribution in [3.8, 4) is 12.0 Å². The molecule has 2 aliphatic rings. The van der Waals surface area contributed by atoms with Gasteiger partial charge in [-0.2, -0.15) is 9.97 Å². The van der Waals surface area contributed by atoms with E-state index in [1.54, 1.807) is 0 Å². The fourth-order valence-corrected chi connectivity index (χ4v) is 2.75. The number of carbonyl (C=O) groups is 1. The minimum absolute atomic E-state index is 0.0907. The van der Waals surface area contributed by atoms with Crippen LogP contribution in [0.4, 0.5) is 5.95 Å². The highest BCUT2D eigenvalue weighted by Crippen LogP contribution is 2.19. The molecular weight excluding hydrogens is 302 g/mol. The van der Waals surface area contributed by atoms with E-state index in [9.17, 15) is 4.79 Å². The van der Waals surface area contributed by atoms with Gasteiger partial charge in [-0.1, -0.05) is 0 Å². The van der Waals surface area contributed by atoms with Gasteiger partial charge in [0.05, 0.1) is 14.2 Å². The first-order chi connectivity index (χ1) is 11.2. The van der Waals surface area contributed by atoms with Crippen LogP contribution in [0.3, 0.4) is 0 Å². The summed E-state index contributed by atoms with van der Waals surface area (Å²) in [7, 11) is 2.99. The highest BCUT2D eigenvalue weighted by Gasteiger charge is 2.31. The highest BCUT2D eigenvalue weighted by molar-refractivity contribution is 5.81. The molecule has 0 bridgehead atoms. The zero-order valence-corrected chi connectivity index (χ0v) is 13.4. The quantitative estimate of drug-likeness (QED) is 0.747. The van der Waals surface area contributed by atoms with Gasteiger partial charge in [-0.05, 0) is 12.8 Å². The van der Waals surface area contributed by atoms with E-state index in [2.05, 4.69) is 15.0 Å². The minimum atomic E-state index is -0.265. The molecule has 3 rings (SSSR count). The van der Waals surface area contributed by atoms with Crippen LogP contribution in [0.5, 0.6) is 12.0 Å². The molecule has 3 heterocycles. The number of ether oxygens (including phenoxy) is 3. The Labute approximate surface area is 134 Å². The smallest absolute Gasteiger partial charge is 0.324 e. The number of aromatic nitrogens is 3. The van der Waals surface area contributed by atoms with Crippen molar-refractivity contribution in [1.29, 1.82) is 0 Å². The third kappa shape index (κ3) is 3.44. The van der Waals surface area contributed by atoms with Gasteiger partial charge in [0.1, 0.15) is 6.10 Å². The SMILES string of the molecule is COc1nc(OC)nc(N2CCN(C(=O)C3CCCO3)CC2)n1. The Hall–Kier alpha value is -2.16. The van der Waals surface area contributed by atoms with Gasteiger partial charge in [-0.15, -0.1) is 4.98 Å². The van der Waals surface area contributed by atoms with Gasteiger partial charge in [0.2, 0.25) is 5.95 Å². The first-order valence-corrected chi connectivity index (χ1v) is 7.70. The summed E-state index contributed by atoms with van der Waals surface area (Å²) in [6, 6.07) is 0.425. The number of nitrogens with zero attached hydrogens (tertiary/aromatic N) is 5. The fraction of sp³-hybridized carbons (Fsp3) is 0.714. The summed E-state index contributed by atoms with van der Waals surface area (Å²) in [6.45, 7) is 3.22. The molecule has 9 nitrogen and oxygen atoms in total. The molecule has 1 amide bonds. The van der Waals surface area contributed by atoms with Crippen molar-refractivity contribution in [3.63, 3.8) is 0 Å². The van der Waals surface area contributed by atoms with Gasteiger partial charge in [0.25, 0.3) is 5.91 Å². The van der Waals surface area contributed by atoms with E-state index in [0.29, 0.717) is 38.7 Å². The molecule has 0 saturated carbocycles. The first-order valence-electron chi connectivity index (χ1n) is 7.70. The molecule has 9 heteroatoms. The molecule has 126 valence electrons. The summed E-state index contributed by atoms with van der Waals surface area (Å²) in [5.41, 5.74) is 0. The van der Waals surface area contributed by atoms with Crippen LogP contribution in [0.25, 0.3) is 0 Å². The van der Waals surface area contributed by atoms with Crippen molar-refractivity contribution < 1.29 is 19.0 Å². The Bertz CT molecular complexity index is 534. The largest absolute Gasteiger partial charge is 0.467 e. The molecule has 2 saturated heterocycles. The number of anilines is 1. The zero-order chi connectivity index (χ0) is 16.2. The third-order valence-electron chi connectivity index (χ3n) is 4.03. The van der Waals surface area contributed by atoms with E-state index >= 15 is 0 Å². The molecule has 2 aliphatic heterocycles. The zero-order valence-electron chi connectivity index (χ0n) is 13.4. The number of carbonyl (C=O) groups excluding carboxylic acids is 1. The topological polar surface area (TPSA) is 89.9 Å². The predicted octanol–water partition coefficient (Wildman–Crippen LogP) is -0.284. The lowest BCUT2D eigenvalue weighted by atomic mass is 10.2. The van der Waals surface area contributed by atoms with Gasteiger partial charge in [-0.3, -0.25) is 4.79 Å². The Balaban J connectivity index is 1.63. The van der Waals surface area contributed by atoms with Crippen LogP contribution in [0.1, 0.15) is 12.8 Å². The third-order valence-corrected chi connectivity index (χ3v) is 4.03. The lowest BCUT2D eigenvalue weighted by molar-refractivity contribution is -0.141. The Morgan fingerprint density at radius 3 is 2.26 bits per heavy atom. The predicted molar refractivity (Wildman–Crippen MR) is 80.7 cm³/mol. The molecule has 1 aromatic rings. The average molecular weight is 323 g/mol. The number of methoxy groups -OCH3 is 2. The number of hydrogen-bond donors (Lipinski definition) is 0. The van der Waals surface area contributed by atoms with Crippen LogP contribution in [-0.2, 0) is 9.53 Å². The second kappa shape index (κ2) is 6.95. The second-order valence-electron chi connectivity index (χ2n) is 5.42. The molecule has 0 radical (unpaired) electrons. The Morgan fingerprint density at radius 1 is 1.09 bits per heavy atom. The van der Waals surface area contributed by atoms with Crippen LogP contribution in [0.2, 0.25) is 0 Å². The van der Waals surface area contributed by atoms with Crippen molar-refractivity contribution >= 4 is 11.9 Å². The molecular formula is C14H21N5O4. The van der Waals surface area contributed by atoms with Gasteiger partial charge in [0.15, 0.2) is 0 Å². The fourth-order valence-electron chi connectivity index (χ4n) is 2.75. The molecule has 1 unspecified atom stereocenters. The lowest BCUT2D eigenvalue weighted by Gasteiger charge is -2.35. The normalized spacial score (nSPS) is 21.4. The van der Waals surface area contributed by atoms with E-state index < -0.39 is 0 Å². The first kappa shape index (κ1) is 15.7. The van der Waals surface area contributed by atoms with Crippen LogP contribution in [-0.4, -0.2) is 78.9 Å². The Morgan fingerprint density at radius 2 is 1.74 bits per heavy atom. The maximum Gasteiger partial charge on any atom is 0.324 e.